The van der Waals surface area contributed by atoms with E-state index in [2.05, 4.69) is 41.8 Å². The highest BCUT2D eigenvalue weighted by atomic mass is 79.9. The molecule has 0 radical (unpaired) electrons. The Kier molecular flexibility index (Phi) is 11.4. The molecule has 0 aliphatic heterocycles. The van der Waals surface area contributed by atoms with E-state index in [9.17, 15) is 0 Å². The molecule has 36 heavy (non-hydrogen) atoms. The van der Waals surface area contributed by atoms with Gasteiger partial charge in [-0.05, 0) is 97.8 Å². The molecule has 4 nitrogen and oxygen atoms in total. The van der Waals surface area contributed by atoms with Crippen LogP contribution in [0.25, 0.3) is 0 Å². The van der Waals surface area contributed by atoms with Gasteiger partial charge in [-0.3, -0.25) is 9.98 Å². The molecule has 4 aromatic rings. The van der Waals surface area contributed by atoms with Gasteiger partial charge in [0.25, 0.3) is 0 Å². The second-order valence-electron chi connectivity index (χ2n) is 7.47. The van der Waals surface area contributed by atoms with Crippen molar-refractivity contribution in [2.24, 2.45) is 9.98 Å². The molecule has 0 atom stereocenters. The van der Waals surface area contributed by atoms with Crippen LogP contribution in [0.1, 0.15) is 25.0 Å². The fraction of sp³-hybridized carbons (Fsp3) is 0.133. The van der Waals surface area contributed by atoms with Crippen LogP contribution in [0.3, 0.4) is 0 Å². The van der Waals surface area contributed by atoms with Gasteiger partial charge < -0.3 is 9.47 Å². The van der Waals surface area contributed by atoms with Gasteiger partial charge in [-0.25, -0.2) is 0 Å². The normalized spacial score (nSPS) is 10.8. The molecule has 6 heteroatoms. The molecule has 4 aromatic carbocycles. The summed E-state index contributed by atoms with van der Waals surface area (Å²) in [5, 5.41) is 0. The maximum absolute atomic E-state index is 5.38. The number of hydrogen-bond acceptors (Lipinski definition) is 4. The van der Waals surface area contributed by atoms with Crippen LogP contribution in [-0.4, -0.2) is 25.6 Å². The van der Waals surface area contributed by atoms with Gasteiger partial charge in [0.15, 0.2) is 0 Å². The van der Waals surface area contributed by atoms with Crippen molar-refractivity contribution in [3.05, 3.63) is 117 Å². The van der Waals surface area contributed by atoms with E-state index in [1.165, 1.54) is 0 Å². The van der Waals surface area contributed by atoms with Crippen LogP contribution in [0.5, 0.6) is 11.5 Å². The van der Waals surface area contributed by atoms with Gasteiger partial charge in [0, 0.05) is 21.4 Å². The van der Waals surface area contributed by atoms with E-state index >= 15 is 0 Å². The number of hydrogen-bond donors (Lipinski definition) is 0. The number of benzene rings is 4. The van der Waals surface area contributed by atoms with E-state index in [-0.39, 0.29) is 0 Å². The zero-order valence-electron chi connectivity index (χ0n) is 20.3. The first-order chi connectivity index (χ1) is 17.6. The highest BCUT2D eigenvalue weighted by molar-refractivity contribution is 9.10. The van der Waals surface area contributed by atoms with Crippen LogP contribution in [0.2, 0.25) is 0 Å². The van der Waals surface area contributed by atoms with Gasteiger partial charge in [0.2, 0.25) is 0 Å². The predicted molar refractivity (Wildman–Crippen MR) is 158 cm³/mol. The summed E-state index contributed by atoms with van der Waals surface area (Å²) in [5.41, 5.74) is 3.99. The molecule has 0 unspecified atom stereocenters. The first kappa shape index (κ1) is 27.4. The summed E-state index contributed by atoms with van der Waals surface area (Å²) in [6.45, 7) is 5.31. The lowest BCUT2D eigenvalue weighted by molar-refractivity contribution is 0.340. The van der Waals surface area contributed by atoms with Crippen LogP contribution in [0.15, 0.2) is 116 Å². The van der Waals surface area contributed by atoms with Crippen molar-refractivity contribution in [3.8, 4) is 11.5 Å². The molecular weight excluding hydrogens is 580 g/mol. The second kappa shape index (κ2) is 15.0. The quantitative estimate of drug-likeness (QED) is 0.187. The molecule has 4 rings (SSSR count). The van der Waals surface area contributed by atoms with Crippen molar-refractivity contribution in [1.29, 1.82) is 0 Å². The largest absolute Gasteiger partial charge is 0.494 e. The fourth-order valence-corrected chi connectivity index (χ4v) is 3.51. The number of rotatable bonds is 8. The van der Waals surface area contributed by atoms with Gasteiger partial charge in [0.1, 0.15) is 11.5 Å². The molecule has 0 amide bonds. The minimum absolute atomic E-state index is 0.682. The molecule has 0 saturated heterocycles. The Labute approximate surface area is 230 Å². The lowest BCUT2D eigenvalue weighted by Gasteiger charge is -2.02. The van der Waals surface area contributed by atoms with Crippen molar-refractivity contribution in [1.82, 2.24) is 0 Å². The third-order valence-corrected chi connectivity index (χ3v) is 5.82. The summed E-state index contributed by atoms with van der Waals surface area (Å²) >= 11 is 6.81. The Balaban J connectivity index is 0.000000201. The Morgan fingerprint density at radius 2 is 0.861 bits per heavy atom. The number of aliphatic imine (C=N–C) groups is 2. The predicted octanol–water partition coefficient (Wildman–Crippen LogP) is 9.20. The standard InChI is InChI=1S/2C15H14BrNO/c2*1-2-18-15-9-7-14(8-10-15)17-11-12-3-5-13(16)6-4-12/h2*3-11H,2H2,1H3. The fourth-order valence-electron chi connectivity index (χ4n) is 2.99. The van der Waals surface area contributed by atoms with Crippen molar-refractivity contribution >= 4 is 55.7 Å². The molecular formula is C30H28Br2N2O2. The summed E-state index contributed by atoms with van der Waals surface area (Å²) in [7, 11) is 0. The van der Waals surface area contributed by atoms with Crippen LogP contribution < -0.4 is 9.47 Å². The summed E-state index contributed by atoms with van der Waals surface area (Å²) in [5.74, 6) is 1.75. The van der Waals surface area contributed by atoms with Gasteiger partial charge in [-0.1, -0.05) is 56.1 Å². The average Bonchev–Trinajstić information content (AvgIpc) is 2.90. The molecule has 0 N–H and O–H groups in total. The lowest BCUT2D eigenvalue weighted by atomic mass is 10.2. The van der Waals surface area contributed by atoms with Gasteiger partial charge in [-0.15, -0.1) is 0 Å². The summed E-state index contributed by atoms with van der Waals surface area (Å²) in [4.78, 5) is 8.82. The van der Waals surface area contributed by atoms with Gasteiger partial charge >= 0.3 is 0 Å². The van der Waals surface area contributed by atoms with Crippen molar-refractivity contribution < 1.29 is 9.47 Å². The zero-order chi connectivity index (χ0) is 25.6. The number of halogens is 2. The highest BCUT2D eigenvalue weighted by Crippen LogP contribution is 2.19. The maximum Gasteiger partial charge on any atom is 0.119 e. The van der Waals surface area contributed by atoms with E-state index in [0.29, 0.717) is 13.2 Å². The summed E-state index contributed by atoms with van der Waals surface area (Å²) < 4.78 is 12.9. The monoisotopic (exact) mass is 606 g/mol. The number of ether oxygens (including phenoxy) is 2. The van der Waals surface area contributed by atoms with E-state index in [0.717, 1.165) is 42.9 Å². The van der Waals surface area contributed by atoms with Crippen LogP contribution in [0, 0.1) is 0 Å². The summed E-state index contributed by atoms with van der Waals surface area (Å²) in [6.07, 6.45) is 3.70. The Hall–Kier alpha value is -3.22. The SMILES string of the molecule is CCOc1ccc(N=Cc2ccc(Br)cc2)cc1.CCOc1ccc(N=Cc2ccc(Br)cc2)cc1. The third-order valence-electron chi connectivity index (χ3n) is 4.76. The van der Waals surface area contributed by atoms with Crippen LogP contribution >= 0.6 is 31.9 Å². The van der Waals surface area contributed by atoms with Crippen molar-refractivity contribution in [2.45, 2.75) is 13.8 Å². The van der Waals surface area contributed by atoms with E-state index in [4.69, 9.17) is 9.47 Å². The van der Waals surface area contributed by atoms with Crippen LogP contribution in [0.4, 0.5) is 11.4 Å². The molecule has 0 aliphatic carbocycles. The highest BCUT2D eigenvalue weighted by Gasteiger charge is 1.94. The molecule has 0 saturated carbocycles. The maximum atomic E-state index is 5.38. The first-order valence-corrected chi connectivity index (χ1v) is 13.2. The smallest absolute Gasteiger partial charge is 0.119 e. The first-order valence-electron chi connectivity index (χ1n) is 11.6. The number of nitrogens with zero attached hydrogens (tertiary/aromatic N) is 2. The average molecular weight is 608 g/mol. The molecule has 0 fully saturated rings. The van der Waals surface area contributed by atoms with E-state index < -0.39 is 0 Å². The zero-order valence-corrected chi connectivity index (χ0v) is 23.4. The molecule has 0 spiro atoms. The minimum atomic E-state index is 0.682. The second-order valence-corrected chi connectivity index (χ2v) is 9.30. The van der Waals surface area contributed by atoms with E-state index in [1.807, 2.05) is 123 Å². The minimum Gasteiger partial charge on any atom is -0.494 e. The van der Waals surface area contributed by atoms with Gasteiger partial charge in [-0.2, -0.15) is 0 Å². The molecule has 0 heterocycles. The topological polar surface area (TPSA) is 43.2 Å². The molecule has 0 bridgehead atoms. The molecule has 184 valence electrons. The summed E-state index contributed by atoms with van der Waals surface area (Å²) in [6, 6.07) is 31.6. The van der Waals surface area contributed by atoms with Crippen molar-refractivity contribution in [2.75, 3.05) is 13.2 Å². The molecule has 0 aliphatic rings. The van der Waals surface area contributed by atoms with Gasteiger partial charge in [0.05, 0.1) is 24.6 Å². The molecule has 0 aromatic heterocycles. The third kappa shape index (κ3) is 9.80. The van der Waals surface area contributed by atoms with Crippen molar-refractivity contribution in [3.63, 3.8) is 0 Å². The Morgan fingerprint density at radius 3 is 1.17 bits per heavy atom. The van der Waals surface area contributed by atoms with Crippen LogP contribution in [-0.2, 0) is 0 Å². The lowest BCUT2D eigenvalue weighted by Crippen LogP contribution is -1.89. The van der Waals surface area contributed by atoms with E-state index in [1.54, 1.807) is 0 Å². The Morgan fingerprint density at radius 1 is 0.528 bits per heavy atom. The Bertz CT molecular complexity index is 1140.